The molecule has 0 bridgehead atoms. The lowest BCUT2D eigenvalue weighted by atomic mass is 9.82. The minimum Gasteiger partial charge on any atom is -0.0652 e. The van der Waals surface area contributed by atoms with E-state index in [-0.39, 0.29) is 0 Å². The molecule has 0 aromatic heterocycles. The molecule has 0 heterocycles. The summed E-state index contributed by atoms with van der Waals surface area (Å²) in [4.78, 5) is 0. The van der Waals surface area contributed by atoms with Crippen molar-refractivity contribution in [2.24, 2.45) is 0 Å². The molecule has 1 heteroatoms. The SMILES string of the molecule is CCCC[P+](CCCC)(CCCC)c1ccccc1-c1c(C(C)C)cc(C(C)C)cc1C(C)C. The molecule has 0 saturated carbocycles. The van der Waals surface area contributed by atoms with Gasteiger partial charge in [-0.05, 0) is 65.3 Å². The Balaban J connectivity index is 2.89. The summed E-state index contributed by atoms with van der Waals surface area (Å²) in [6.45, 7) is 21.4. The highest BCUT2D eigenvalue weighted by Gasteiger charge is 2.40. The van der Waals surface area contributed by atoms with Crippen molar-refractivity contribution in [1.29, 1.82) is 0 Å². The minimum absolute atomic E-state index is 0.522. The van der Waals surface area contributed by atoms with Crippen LogP contribution in [0, 0.1) is 0 Å². The Labute approximate surface area is 213 Å². The average molecular weight is 482 g/mol. The standard InChI is InChI=1S/C33H54P/c1-10-13-20-34(21-14-11-2,22-15-12-3)32-19-17-16-18-29(32)33-30(26(6)7)23-28(25(4)5)24-31(33)27(8)9/h16-19,23-27H,10-15,20-22H2,1-9H3/q+1. The number of unbranched alkanes of at least 4 members (excludes halogenated alkanes) is 3. The molecule has 2 aromatic rings. The molecule has 0 aliphatic rings. The van der Waals surface area contributed by atoms with E-state index in [1.807, 2.05) is 0 Å². The van der Waals surface area contributed by atoms with Crippen molar-refractivity contribution >= 4 is 12.6 Å². The van der Waals surface area contributed by atoms with Crippen LogP contribution in [0.5, 0.6) is 0 Å². The fourth-order valence-corrected chi connectivity index (χ4v) is 10.7. The van der Waals surface area contributed by atoms with E-state index >= 15 is 0 Å². The molecule has 2 rings (SSSR count). The van der Waals surface area contributed by atoms with Crippen LogP contribution in [0.1, 0.15) is 135 Å². The van der Waals surface area contributed by atoms with Gasteiger partial charge in [0.1, 0.15) is 5.30 Å². The first-order valence-corrected chi connectivity index (χ1v) is 16.7. The molecule has 0 unspecified atom stereocenters. The smallest absolute Gasteiger partial charge is 0.0652 e. The molecule has 0 aliphatic carbocycles. The Morgan fingerprint density at radius 1 is 0.618 bits per heavy atom. The molecule has 0 aliphatic heterocycles. The van der Waals surface area contributed by atoms with Crippen LogP contribution in [0.15, 0.2) is 36.4 Å². The molecule has 0 fully saturated rings. The van der Waals surface area contributed by atoms with E-state index in [1.165, 1.54) is 62.6 Å². The predicted octanol–water partition coefficient (Wildman–Crippen LogP) is 10.8. The summed E-state index contributed by atoms with van der Waals surface area (Å²) in [6, 6.07) is 14.8. The molecule has 0 saturated heterocycles. The van der Waals surface area contributed by atoms with Crippen LogP contribution in [0.4, 0.5) is 0 Å². The Kier molecular flexibility index (Phi) is 11.8. The maximum atomic E-state index is 2.55. The quantitative estimate of drug-likeness (QED) is 0.235. The Morgan fingerprint density at radius 2 is 1.06 bits per heavy atom. The van der Waals surface area contributed by atoms with Gasteiger partial charge >= 0.3 is 0 Å². The van der Waals surface area contributed by atoms with E-state index in [0.717, 1.165) is 0 Å². The first-order chi connectivity index (χ1) is 16.2. The highest BCUT2D eigenvalue weighted by atomic mass is 31.2. The molecule has 0 spiro atoms. The fourth-order valence-electron chi connectivity index (χ4n) is 5.44. The van der Waals surface area contributed by atoms with Gasteiger partial charge in [0, 0.05) is 12.8 Å². The maximum Gasteiger partial charge on any atom is 0.102 e. The lowest BCUT2D eigenvalue weighted by Crippen LogP contribution is -2.24. The lowest BCUT2D eigenvalue weighted by molar-refractivity contribution is 0.807. The highest BCUT2D eigenvalue weighted by molar-refractivity contribution is 7.83. The number of hydrogen-bond donors (Lipinski definition) is 0. The van der Waals surface area contributed by atoms with E-state index in [9.17, 15) is 0 Å². The predicted molar refractivity (Wildman–Crippen MR) is 160 cm³/mol. The average Bonchev–Trinajstić information content (AvgIpc) is 2.83. The molecular weight excluding hydrogens is 427 g/mol. The highest BCUT2D eigenvalue weighted by Crippen LogP contribution is 2.61. The zero-order chi connectivity index (χ0) is 25.3. The molecule has 0 amide bonds. The molecule has 0 nitrogen and oxygen atoms in total. The van der Waals surface area contributed by atoms with Gasteiger partial charge in [0.05, 0.1) is 18.5 Å². The summed E-state index contributed by atoms with van der Waals surface area (Å²) in [5.74, 6) is 1.60. The number of rotatable bonds is 14. The van der Waals surface area contributed by atoms with Gasteiger partial charge in [0.25, 0.3) is 0 Å². The van der Waals surface area contributed by atoms with Crippen molar-refractivity contribution in [3.8, 4) is 11.1 Å². The summed E-state index contributed by atoms with van der Waals surface area (Å²) in [5.41, 5.74) is 7.75. The zero-order valence-corrected chi connectivity index (χ0v) is 24.9. The number of benzene rings is 2. The normalized spacial score (nSPS) is 12.4. The largest absolute Gasteiger partial charge is 0.102 e. The van der Waals surface area contributed by atoms with Gasteiger partial charge in [-0.25, -0.2) is 0 Å². The van der Waals surface area contributed by atoms with Gasteiger partial charge in [-0.3, -0.25) is 0 Å². The van der Waals surface area contributed by atoms with Gasteiger partial charge in [-0.2, -0.15) is 0 Å². The second-order valence-electron chi connectivity index (χ2n) is 11.4. The second-order valence-corrected chi connectivity index (χ2v) is 15.5. The summed E-state index contributed by atoms with van der Waals surface area (Å²) >= 11 is 0. The first-order valence-electron chi connectivity index (χ1n) is 14.4. The van der Waals surface area contributed by atoms with Gasteiger partial charge in [0.2, 0.25) is 0 Å². The van der Waals surface area contributed by atoms with Crippen LogP contribution in [-0.4, -0.2) is 18.5 Å². The monoisotopic (exact) mass is 481 g/mol. The Bertz CT molecular complexity index is 823. The van der Waals surface area contributed by atoms with Gasteiger partial charge in [-0.15, -0.1) is 0 Å². The minimum atomic E-state index is -1.23. The third-order valence-electron chi connectivity index (χ3n) is 7.64. The Morgan fingerprint density at radius 3 is 1.44 bits per heavy atom. The van der Waals surface area contributed by atoms with Crippen molar-refractivity contribution in [3.63, 3.8) is 0 Å². The molecule has 0 atom stereocenters. The maximum absolute atomic E-state index is 2.55. The van der Waals surface area contributed by atoms with Gasteiger partial charge < -0.3 is 0 Å². The van der Waals surface area contributed by atoms with Crippen LogP contribution in [-0.2, 0) is 0 Å². The topological polar surface area (TPSA) is 0 Å². The molecule has 0 radical (unpaired) electrons. The Hall–Kier alpha value is -1.13. The van der Waals surface area contributed by atoms with Crippen molar-refractivity contribution in [3.05, 3.63) is 53.1 Å². The van der Waals surface area contributed by atoms with Crippen LogP contribution in [0.2, 0.25) is 0 Å². The fraction of sp³-hybridized carbons (Fsp3) is 0.636. The molecule has 2 aromatic carbocycles. The van der Waals surface area contributed by atoms with E-state index in [1.54, 1.807) is 27.6 Å². The summed E-state index contributed by atoms with van der Waals surface area (Å²) in [5, 5.41) is 1.74. The van der Waals surface area contributed by atoms with Crippen molar-refractivity contribution < 1.29 is 0 Å². The third kappa shape index (κ3) is 6.97. The molecule has 34 heavy (non-hydrogen) atoms. The molecule has 0 N–H and O–H groups in total. The molecule has 190 valence electrons. The summed E-state index contributed by atoms with van der Waals surface area (Å²) in [7, 11) is -1.23. The van der Waals surface area contributed by atoms with Crippen molar-refractivity contribution in [1.82, 2.24) is 0 Å². The van der Waals surface area contributed by atoms with E-state index in [4.69, 9.17) is 0 Å². The van der Waals surface area contributed by atoms with Crippen LogP contribution in [0.3, 0.4) is 0 Å². The van der Waals surface area contributed by atoms with Crippen LogP contribution < -0.4 is 5.30 Å². The molecular formula is C33H54P+. The van der Waals surface area contributed by atoms with E-state index in [0.29, 0.717) is 17.8 Å². The van der Waals surface area contributed by atoms with Crippen molar-refractivity contribution in [2.45, 2.75) is 119 Å². The van der Waals surface area contributed by atoms with E-state index < -0.39 is 7.26 Å². The van der Waals surface area contributed by atoms with Gasteiger partial charge in [-0.1, -0.05) is 112 Å². The lowest BCUT2D eigenvalue weighted by Gasteiger charge is -2.31. The summed E-state index contributed by atoms with van der Waals surface area (Å²) < 4.78 is 0. The van der Waals surface area contributed by atoms with E-state index in [2.05, 4.69) is 98.7 Å². The van der Waals surface area contributed by atoms with Crippen molar-refractivity contribution in [2.75, 3.05) is 18.5 Å². The third-order valence-corrected chi connectivity index (χ3v) is 12.6. The second kappa shape index (κ2) is 13.8. The summed E-state index contributed by atoms with van der Waals surface area (Å²) in [6.07, 6.45) is 12.3. The first kappa shape index (κ1) is 29.1. The van der Waals surface area contributed by atoms with Crippen LogP contribution >= 0.6 is 7.26 Å². The van der Waals surface area contributed by atoms with Gasteiger partial charge in [0.15, 0.2) is 0 Å². The number of hydrogen-bond acceptors (Lipinski definition) is 0. The van der Waals surface area contributed by atoms with Crippen LogP contribution in [0.25, 0.3) is 11.1 Å². The zero-order valence-electron chi connectivity index (χ0n) is 24.0.